The highest BCUT2D eigenvalue weighted by molar-refractivity contribution is 6.06. The number of imide groups is 1. The van der Waals surface area contributed by atoms with Crippen molar-refractivity contribution in [2.45, 2.75) is 12.8 Å². The Kier molecular flexibility index (Phi) is 3.90. The van der Waals surface area contributed by atoms with Gasteiger partial charge in [0.1, 0.15) is 5.82 Å². The zero-order valence-electron chi connectivity index (χ0n) is 13.7. The molecule has 2 aliphatic carbocycles. The van der Waals surface area contributed by atoms with Gasteiger partial charge in [-0.2, -0.15) is 0 Å². The van der Waals surface area contributed by atoms with Gasteiger partial charge < -0.3 is 5.32 Å². The Bertz CT molecular complexity index is 746. The predicted octanol–water partition coefficient (Wildman–Crippen LogP) is 1.75. The monoisotopic (exact) mass is 342 g/mol. The number of allylic oxidation sites excluding steroid dienone is 2. The van der Waals surface area contributed by atoms with Crippen LogP contribution in [0.25, 0.3) is 0 Å². The van der Waals surface area contributed by atoms with E-state index in [1.165, 1.54) is 23.1 Å². The highest BCUT2D eigenvalue weighted by Gasteiger charge is 2.58. The van der Waals surface area contributed by atoms with E-state index in [-0.39, 0.29) is 47.6 Å². The maximum absolute atomic E-state index is 13.5. The third-order valence-corrected chi connectivity index (χ3v) is 5.52. The molecule has 6 heteroatoms. The molecule has 3 aliphatic rings. The van der Waals surface area contributed by atoms with Gasteiger partial charge >= 0.3 is 0 Å². The third-order valence-electron chi connectivity index (χ3n) is 5.52. The molecule has 1 aromatic rings. The second kappa shape index (κ2) is 6.10. The number of likely N-dealkylation sites (tertiary alicyclic amines) is 1. The molecule has 3 amide bonds. The second-order valence-electron chi connectivity index (χ2n) is 6.92. The van der Waals surface area contributed by atoms with Crippen LogP contribution in [-0.2, 0) is 9.59 Å². The smallest absolute Gasteiger partial charge is 0.254 e. The molecule has 0 spiro atoms. The van der Waals surface area contributed by atoms with Crippen molar-refractivity contribution in [1.82, 2.24) is 10.2 Å². The Labute approximate surface area is 144 Å². The number of halogens is 1. The lowest BCUT2D eigenvalue weighted by atomic mass is 9.85. The minimum Gasteiger partial charge on any atom is -0.352 e. The second-order valence-corrected chi connectivity index (χ2v) is 6.92. The molecule has 1 aromatic carbocycles. The van der Waals surface area contributed by atoms with Crippen LogP contribution in [0.2, 0.25) is 0 Å². The number of carbonyl (C=O) groups is 3. The van der Waals surface area contributed by atoms with Gasteiger partial charge in [-0.1, -0.05) is 24.3 Å². The van der Waals surface area contributed by atoms with E-state index < -0.39 is 11.7 Å². The molecule has 25 heavy (non-hydrogen) atoms. The van der Waals surface area contributed by atoms with Gasteiger partial charge in [0.25, 0.3) is 5.91 Å². The molecule has 0 unspecified atom stereocenters. The Balaban J connectivity index is 1.30. The van der Waals surface area contributed by atoms with Crippen LogP contribution in [-0.4, -0.2) is 35.7 Å². The minimum absolute atomic E-state index is 0.00648. The molecule has 0 aromatic heterocycles. The van der Waals surface area contributed by atoms with Crippen molar-refractivity contribution in [2.24, 2.45) is 23.7 Å². The molecule has 1 saturated heterocycles. The van der Waals surface area contributed by atoms with Crippen molar-refractivity contribution in [3.8, 4) is 0 Å². The molecule has 1 N–H and O–H groups in total. The number of hydrogen-bond acceptors (Lipinski definition) is 3. The molecule has 5 nitrogen and oxygen atoms in total. The summed E-state index contributed by atoms with van der Waals surface area (Å²) in [5.74, 6) is -1.17. The predicted molar refractivity (Wildman–Crippen MR) is 87.8 cm³/mol. The van der Waals surface area contributed by atoms with Crippen LogP contribution in [0.1, 0.15) is 23.2 Å². The highest BCUT2D eigenvalue weighted by atomic mass is 19.1. The fourth-order valence-corrected chi connectivity index (χ4v) is 4.36. The summed E-state index contributed by atoms with van der Waals surface area (Å²) in [7, 11) is 0. The lowest BCUT2D eigenvalue weighted by molar-refractivity contribution is -0.140. The van der Waals surface area contributed by atoms with E-state index in [1.54, 1.807) is 6.07 Å². The van der Waals surface area contributed by atoms with Crippen molar-refractivity contribution in [1.29, 1.82) is 0 Å². The van der Waals surface area contributed by atoms with Crippen LogP contribution in [0, 0.1) is 29.5 Å². The standard InChI is InChI=1S/C19H19FN2O3/c20-14-5-2-1-4-13(14)17(23)21-8-3-9-22-18(24)15-11-6-7-12(10-11)16(15)19(22)25/h1-2,4-7,11-12,15-16H,3,8-10H2,(H,21,23)/t11-,12-,15+,16+/m0/s1. The molecule has 4 atom stereocenters. The number of hydrogen-bond donors (Lipinski definition) is 1. The SMILES string of the molecule is O=C(NCCCN1C(=O)[C@H]2[C@H](C1=O)[C@H]1C=C[C@H]2C1)c1ccccc1F. The number of benzene rings is 1. The van der Waals surface area contributed by atoms with E-state index in [2.05, 4.69) is 17.5 Å². The third kappa shape index (κ3) is 2.56. The molecular weight excluding hydrogens is 323 g/mol. The molecule has 4 rings (SSSR count). The van der Waals surface area contributed by atoms with Gasteiger partial charge in [0.15, 0.2) is 0 Å². The summed E-state index contributed by atoms with van der Waals surface area (Å²) in [5, 5.41) is 2.63. The number of carbonyl (C=O) groups excluding carboxylic acids is 3. The average Bonchev–Trinajstić information content (AvgIpc) is 3.27. The highest BCUT2D eigenvalue weighted by Crippen LogP contribution is 2.52. The van der Waals surface area contributed by atoms with E-state index in [0.29, 0.717) is 13.0 Å². The summed E-state index contributed by atoms with van der Waals surface area (Å²) in [6.45, 7) is 0.576. The van der Waals surface area contributed by atoms with Crippen molar-refractivity contribution < 1.29 is 18.8 Å². The molecule has 2 fully saturated rings. The van der Waals surface area contributed by atoms with Crippen LogP contribution in [0.15, 0.2) is 36.4 Å². The van der Waals surface area contributed by atoms with Gasteiger partial charge in [0.05, 0.1) is 17.4 Å². The van der Waals surface area contributed by atoms with Crippen LogP contribution in [0.5, 0.6) is 0 Å². The number of nitrogens with one attached hydrogen (secondary N) is 1. The summed E-state index contributed by atoms with van der Waals surface area (Å²) in [6.07, 6.45) is 5.50. The van der Waals surface area contributed by atoms with Gasteiger partial charge in [0.2, 0.25) is 11.8 Å². The maximum atomic E-state index is 13.5. The first-order chi connectivity index (χ1) is 12.1. The topological polar surface area (TPSA) is 66.5 Å². The Morgan fingerprint density at radius 3 is 2.40 bits per heavy atom. The average molecular weight is 342 g/mol. The van der Waals surface area contributed by atoms with Crippen LogP contribution >= 0.6 is 0 Å². The maximum Gasteiger partial charge on any atom is 0.254 e. The first-order valence-corrected chi connectivity index (χ1v) is 8.64. The summed E-state index contributed by atoms with van der Waals surface area (Å²) in [6, 6.07) is 5.77. The summed E-state index contributed by atoms with van der Waals surface area (Å²) < 4.78 is 13.5. The van der Waals surface area contributed by atoms with Crippen LogP contribution in [0.3, 0.4) is 0 Å². The summed E-state index contributed by atoms with van der Waals surface area (Å²) in [4.78, 5) is 38.3. The molecule has 1 aliphatic heterocycles. The van der Waals surface area contributed by atoms with Gasteiger partial charge in [-0.3, -0.25) is 19.3 Å². The largest absolute Gasteiger partial charge is 0.352 e. The first-order valence-electron chi connectivity index (χ1n) is 8.64. The molecule has 2 bridgehead atoms. The van der Waals surface area contributed by atoms with E-state index in [0.717, 1.165) is 6.42 Å². The van der Waals surface area contributed by atoms with E-state index in [4.69, 9.17) is 0 Å². The molecular formula is C19H19FN2O3. The van der Waals surface area contributed by atoms with Crippen molar-refractivity contribution >= 4 is 17.7 Å². The first kappa shape index (κ1) is 16.0. The molecule has 130 valence electrons. The normalized spacial score (nSPS) is 29.4. The Morgan fingerprint density at radius 2 is 1.76 bits per heavy atom. The van der Waals surface area contributed by atoms with E-state index in [9.17, 15) is 18.8 Å². The summed E-state index contributed by atoms with van der Waals surface area (Å²) >= 11 is 0. The zero-order chi connectivity index (χ0) is 17.6. The van der Waals surface area contributed by atoms with Crippen molar-refractivity contribution in [3.63, 3.8) is 0 Å². The van der Waals surface area contributed by atoms with Crippen LogP contribution in [0.4, 0.5) is 4.39 Å². The Hall–Kier alpha value is -2.50. The lowest BCUT2D eigenvalue weighted by Crippen LogP contribution is -2.36. The number of amides is 3. The van der Waals surface area contributed by atoms with E-state index >= 15 is 0 Å². The van der Waals surface area contributed by atoms with Gasteiger partial charge in [-0.05, 0) is 36.8 Å². The van der Waals surface area contributed by atoms with Gasteiger partial charge in [-0.25, -0.2) is 4.39 Å². The van der Waals surface area contributed by atoms with Crippen LogP contribution < -0.4 is 5.32 Å². The van der Waals surface area contributed by atoms with Crippen molar-refractivity contribution in [3.05, 3.63) is 47.8 Å². The van der Waals surface area contributed by atoms with Gasteiger partial charge in [0, 0.05) is 13.1 Å². The molecule has 1 saturated carbocycles. The number of nitrogens with zero attached hydrogens (tertiary/aromatic N) is 1. The molecule has 1 heterocycles. The fraction of sp³-hybridized carbons (Fsp3) is 0.421. The summed E-state index contributed by atoms with van der Waals surface area (Å²) in [5.41, 5.74) is -0.00648. The van der Waals surface area contributed by atoms with E-state index in [1.807, 2.05) is 0 Å². The quantitative estimate of drug-likeness (QED) is 0.504. The Morgan fingerprint density at radius 1 is 1.12 bits per heavy atom. The molecule has 0 radical (unpaired) electrons. The minimum atomic E-state index is -0.569. The van der Waals surface area contributed by atoms with Gasteiger partial charge in [-0.15, -0.1) is 0 Å². The number of fused-ring (bicyclic) bond motifs is 5. The zero-order valence-corrected chi connectivity index (χ0v) is 13.7. The lowest BCUT2D eigenvalue weighted by Gasteiger charge is -2.17. The fourth-order valence-electron chi connectivity index (χ4n) is 4.36. The van der Waals surface area contributed by atoms with Crippen molar-refractivity contribution in [2.75, 3.05) is 13.1 Å². The number of rotatable bonds is 5.